The zero-order chi connectivity index (χ0) is 14.8. The van der Waals surface area contributed by atoms with Gasteiger partial charge in [0.1, 0.15) is 0 Å². The molecule has 3 nitrogen and oxygen atoms in total. The molecule has 2 aromatic rings. The maximum absolute atomic E-state index is 14.4. The van der Waals surface area contributed by atoms with Gasteiger partial charge in [-0.1, -0.05) is 19.8 Å². The molecule has 0 aliphatic carbocycles. The molecule has 1 fully saturated rings. The number of piperidine rings is 1. The number of anilines is 2. The normalized spacial score (nSPS) is 16.6. The number of fused-ring (bicyclic) bond motifs is 1. The molecule has 0 saturated carbocycles. The Morgan fingerprint density at radius 1 is 1.38 bits per heavy atom. The lowest BCUT2D eigenvalue weighted by Gasteiger charge is -2.34. The number of nitrogen functional groups attached to an aromatic ring is 1. The minimum absolute atomic E-state index is 0.257. The first-order valence-corrected chi connectivity index (χ1v) is 7.78. The first-order valence-electron chi connectivity index (χ1n) is 7.78. The Labute approximate surface area is 125 Å². The lowest BCUT2D eigenvalue weighted by molar-refractivity contribution is 0.377. The highest BCUT2D eigenvalue weighted by Crippen LogP contribution is 2.35. The van der Waals surface area contributed by atoms with Crippen molar-refractivity contribution < 1.29 is 4.39 Å². The van der Waals surface area contributed by atoms with Crippen LogP contribution in [0.15, 0.2) is 24.4 Å². The summed E-state index contributed by atoms with van der Waals surface area (Å²) in [6, 6.07) is 5.18. The molecule has 1 aromatic heterocycles. The van der Waals surface area contributed by atoms with Crippen molar-refractivity contribution in [2.75, 3.05) is 23.7 Å². The van der Waals surface area contributed by atoms with E-state index in [9.17, 15) is 4.39 Å². The van der Waals surface area contributed by atoms with E-state index < -0.39 is 0 Å². The zero-order valence-electron chi connectivity index (χ0n) is 12.5. The fourth-order valence-electron chi connectivity index (χ4n) is 3.38. The van der Waals surface area contributed by atoms with Gasteiger partial charge < -0.3 is 10.6 Å². The van der Waals surface area contributed by atoms with E-state index in [0.717, 1.165) is 37.2 Å². The van der Waals surface area contributed by atoms with E-state index in [0.29, 0.717) is 16.9 Å². The summed E-state index contributed by atoms with van der Waals surface area (Å²) < 4.78 is 14.4. The Morgan fingerprint density at radius 3 is 2.86 bits per heavy atom. The lowest BCUT2D eigenvalue weighted by Crippen LogP contribution is -2.34. The van der Waals surface area contributed by atoms with Gasteiger partial charge in [-0.05, 0) is 37.0 Å². The Bertz CT molecular complexity index is 633. The van der Waals surface area contributed by atoms with Crippen LogP contribution in [0.2, 0.25) is 0 Å². The maximum atomic E-state index is 14.4. The molecule has 1 aliphatic heterocycles. The number of pyridine rings is 1. The van der Waals surface area contributed by atoms with E-state index in [1.807, 2.05) is 12.1 Å². The summed E-state index contributed by atoms with van der Waals surface area (Å²) in [6.45, 7) is 4.03. The Kier molecular flexibility index (Phi) is 3.95. The second-order valence-electron chi connectivity index (χ2n) is 5.91. The van der Waals surface area contributed by atoms with E-state index in [-0.39, 0.29) is 5.82 Å². The Hall–Kier alpha value is -1.84. The third kappa shape index (κ3) is 2.67. The third-order valence-corrected chi connectivity index (χ3v) is 4.48. The van der Waals surface area contributed by atoms with Crippen molar-refractivity contribution in [1.82, 2.24) is 4.98 Å². The van der Waals surface area contributed by atoms with Crippen molar-refractivity contribution in [3.8, 4) is 0 Å². The molecule has 0 atom stereocenters. The lowest BCUT2D eigenvalue weighted by atomic mass is 9.92. The van der Waals surface area contributed by atoms with Crippen LogP contribution < -0.4 is 10.6 Å². The van der Waals surface area contributed by atoms with Crippen LogP contribution in [0.1, 0.15) is 32.6 Å². The number of hydrogen-bond acceptors (Lipinski definition) is 3. The number of nitrogens with two attached hydrogens (primary N) is 1. The molecule has 0 spiro atoms. The standard InChI is InChI=1S/C17H22FN3/c1-2-4-12-6-9-21(10-7-12)17-14(18)11-15(19)13-5-3-8-20-16(13)17/h3,5,8,11-12H,2,4,6-7,9-10,19H2,1H3. The van der Waals surface area contributed by atoms with Crippen LogP contribution in [-0.4, -0.2) is 18.1 Å². The maximum Gasteiger partial charge on any atom is 0.150 e. The summed E-state index contributed by atoms with van der Waals surface area (Å²) in [4.78, 5) is 6.51. The SMILES string of the molecule is CCCC1CCN(c2c(F)cc(N)c3cccnc23)CC1. The van der Waals surface area contributed by atoms with Crippen molar-refractivity contribution in [1.29, 1.82) is 0 Å². The quantitative estimate of drug-likeness (QED) is 0.868. The van der Waals surface area contributed by atoms with Gasteiger partial charge in [-0.3, -0.25) is 4.98 Å². The largest absolute Gasteiger partial charge is 0.398 e. The second-order valence-corrected chi connectivity index (χ2v) is 5.91. The number of halogens is 1. The predicted octanol–water partition coefficient (Wildman–Crippen LogP) is 3.97. The third-order valence-electron chi connectivity index (χ3n) is 4.48. The van der Waals surface area contributed by atoms with E-state index in [4.69, 9.17) is 5.73 Å². The van der Waals surface area contributed by atoms with Crippen LogP contribution in [0.5, 0.6) is 0 Å². The molecule has 4 heteroatoms. The highest BCUT2D eigenvalue weighted by Gasteiger charge is 2.23. The molecule has 0 amide bonds. The van der Waals surface area contributed by atoms with Gasteiger partial charge in [0.25, 0.3) is 0 Å². The van der Waals surface area contributed by atoms with Crippen molar-refractivity contribution >= 4 is 22.3 Å². The molecule has 3 rings (SSSR count). The second kappa shape index (κ2) is 5.88. The predicted molar refractivity (Wildman–Crippen MR) is 86.0 cm³/mol. The molecule has 1 saturated heterocycles. The number of aromatic nitrogens is 1. The summed E-state index contributed by atoms with van der Waals surface area (Å²) in [6.07, 6.45) is 6.47. The van der Waals surface area contributed by atoms with Gasteiger partial charge >= 0.3 is 0 Å². The minimum Gasteiger partial charge on any atom is -0.398 e. The van der Waals surface area contributed by atoms with E-state index in [1.54, 1.807) is 6.20 Å². The van der Waals surface area contributed by atoms with Gasteiger partial charge in [-0.25, -0.2) is 4.39 Å². The molecule has 21 heavy (non-hydrogen) atoms. The number of nitrogens with zero attached hydrogens (tertiary/aromatic N) is 2. The van der Waals surface area contributed by atoms with Crippen LogP contribution in [0.25, 0.3) is 10.9 Å². The summed E-state index contributed by atoms with van der Waals surface area (Å²) in [5, 5.41) is 0.838. The van der Waals surface area contributed by atoms with Crippen molar-refractivity contribution in [2.45, 2.75) is 32.6 Å². The topological polar surface area (TPSA) is 42.1 Å². The van der Waals surface area contributed by atoms with Crippen LogP contribution in [-0.2, 0) is 0 Å². The molecule has 2 heterocycles. The number of hydrogen-bond donors (Lipinski definition) is 1. The van der Waals surface area contributed by atoms with Crippen LogP contribution in [0.3, 0.4) is 0 Å². The summed E-state index contributed by atoms with van der Waals surface area (Å²) in [5.74, 6) is 0.523. The first kappa shape index (κ1) is 14.1. The van der Waals surface area contributed by atoms with Crippen molar-refractivity contribution in [3.63, 3.8) is 0 Å². The van der Waals surface area contributed by atoms with Crippen molar-refractivity contribution in [2.24, 2.45) is 5.92 Å². The average Bonchev–Trinajstić information content (AvgIpc) is 2.49. The molecule has 112 valence electrons. The molecule has 2 N–H and O–H groups in total. The van der Waals surface area contributed by atoms with Crippen LogP contribution >= 0.6 is 0 Å². The van der Waals surface area contributed by atoms with Crippen LogP contribution in [0, 0.1) is 11.7 Å². The molecule has 1 aromatic carbocycles. The summed E-state index contributed by atoms with van der Waals surface area (Å²) in [7, 11) is 0. The Balaban J connectivity index is 1.94. The first-order chi connectivity index (χ1) is 10.2. The molecule has 0 radical (unpaired) electrons. The summed E-state index contributed by atoms with van der Waals surface area (Å²) in [5.41, 5.74) is 7.68. The monoisotopic (exact) mass is 287 g/mol. The molecular weight excluding hydrogens is 265 g/mol. The molecule has 0 unspecified atom stereocenters. The van der Waals surface area contributed by atoms with E-state index in [2.05, 4.69) is 16.8 Å². The fraction of sp³-hybridized carbons (Fsp3) is 0.471. The molecule has 1 aliphatic rings. The summed E-state index contributed by atoms with van der Waals surface area (Å²) >= 11 is 0. The average molecular weight is 287 g/mol. The smallest absolute Gasteiger partial charge is 0.150 e. The highest BCUT2D eigenvalue weighted by molar-refractivity contribution is 5.98. The van der Waals surface area contributed by atoms with Crippen LogP contribution in [0.4, 0.5) is 15.8 Å². The Morgan fingerprint density at radius 2 is 2.14 bits per heavy atom. The highest BCUT2D eigenvalue weighted by atomic mass is 19.1. The number of benzene rings is 1. The van der Waals surface area contributed by atoms with Gasteiger partial charge in [-0.15, -0.1) is 0 Å². The van der Waals surface area contributed by atoms with E-state index >= 15 is 0 Å². The zero-order valence-corrected chi connectivity index (χ0v) is 12.5. The number of rotatable bonds is 3. The van der Waals surface area contributed by atoms with Gasteiger partial charge in [0.15, 0.2) is 5.82 Å². The van der Waals surface area contributed by atoms with Gasteiger partial charge in [-0.2, -0.15) is 0 Å². The van der Waals surface area contributed by atoms with Crippen molar-refractivity contribution in [3.05, 3.63) is 30.2 Å². The molecular formula is C17H22FN3. The van der Waals surface area contributed by atoms with Gasteiger partial charge in [0, 0.05) is 30.4 Å². The van der Waals surface area contributed by atoms with Gasteiger partial charge in [0.05, 0.1) is 11.2 Å². The minimum atomic E-state index is -0.257. The van der Waals surface area contributed by atoms with Gasteiger partial charge in [0.2, 0.25) is 0 Å². The fourth-order valence-corrected chi connectivity index (χ4v) is 3.38. The molecule has 0 bridgehead atoms. The van der Waals surface area contributed by atoms with E-state index in [1.165, 1.54) is 18.9 Å².